The summed E-state index contributed by atoms with van der Waals surface area (Å²) >= 11 is 1.76. The van der Waals surface area contributed by atoms with E-state index in [9.17, 15) is 0 Å². The van der Waals surface area contributed by atoms with Crippen molar-refractivity contribution in [1.29, 1.82) is 0 Å². The van der Waals surface area contributed by atoms with Gasteiger partial charge in [0, 0.05) is 31.4 Å². The van der Waals surface area contributed by atoms with Crippen molar-refractivity contribution in [3.05, 3.63) is 46.8 Å². The van der Waals surface area contributed by atoms with E-state index < -0.39 is 0 Å². The summed E-state index contributed by atoms with van der Waals surface area (Å²) in [7, 11) is 0. The average Bonchev–Trinajstić information content (AvgIpc) is 3.19. The molecule has 4 rings (SSSR count). The third-order valence-corrected chi connectivity index (χ3v) is 5.26. The van der Waals surface area contributed by atoms with Crippen molar-refractivity contribution in [3.63, 3.8) is 0 Å². The molecule has 2 aromatic heterocycles. The van der Waals surface area contributed by atoms with E-state index in [1.165, 1.54) is 5.56 Å². The highest BCUT2D eigenvalue weighted by Crippen LogP contribution is 2.33. The first kappa shape index (κ1) is 14.2. The molecule has 0 N–H and O–H groups in total. The smallest absolute Gasteiger partial charge is 0.213 e. The number of hydrogen-bond acceptors (Lipinski definition) is 5. The van der Waals surface area contributed by atoms with E-state index in [2.05, 4.69) is 26.7 Å². The molecule has 1 saturated carbocycles. The molecule has 1 aliphatic carbocycles. The maximum absolute atomic E-state index is 6.07. The summed E-state index contributed by atoms with van der Waals surface area (Å²) in [5, 5.41) is 4.39. The number of fused-ring (bicyclic) bond motifs is 1. The van der Waals surface area contributed by atoms with E-state index in [1.807, 2.05) is 18.2 Å². The first-order valence-corrected chi connectivity index (χ1v) is 8.79. The van der Waals surface area contributed by atoms with Gasteiger partial charge < -0.3 is 9.47 Å². The molecule has 0 bridgehead atoms. The molecule has 3 atom stereocenters. The fourth-order valence-corrected chi connectivity index (χ4v) is 4.16. The van der Waals surface area contributed by atoms with Gasteiger partial charge in [-0.3, -0.25) is 4.90 Å². The minimum atomic E-state index is 0.116. The first-order valence-electron chi connectivity index (χ1n) is 7.84. The summed E-state index contributed by atoms with van der Waals surface area (Å²) in [6.45, 7) is 2.81. The lowest BCUT2D eigenvalue weighted by Crippen LogP contribution is -2.51. The molecular weight excluding hydrogens is 296 g/mol. The molecule has 0 aromatic carbocycles. The van der Waals surface area contributed by atoms with Crippen LogP contribution in [0.2, 0.25) is 0 Å². The maximum Gasteiger partial charge on any atom is 0.213 e. The highest BCUT2D eigenvalue weighted by molar-refractivity contribution is 7.07. The number of morpholine rings is 1. The SMILES string of the molecule is c1ccc(O[C@@H]2CC[C@H]3[C@H]2OCCN3Cc2ccsc2)nc1. The van der Waals surface area contributed by atoms with Crippen LogP contribution in [0.3, 0.4) is 0 Å². The van der Waals surface area contributed by atoms with Crippen LogP contribution in [0, 0.1) is 0 Å². The lowest BCUT2D eigenvalue weighted by molar-refractivity contribution is -0.0922. The number of ether oxygens (including phenoxy) is 2. The Balaban J connectivity index is 1.44. The van der Waals surface area contributed by atoms with Crippen molar-refractivity contribution in [2.45, 2.75) is 37.6 Å². The minimum absolute atomic E-state index is 0.116. The largest absolute Gasteiger partial charge is 0.472 e. The Bertz CT molecular complexity index is 590. The Morgan fingerprint density at radius 2 is 2.32 bits per heavy atom. The third-order valence-electron chi connectivity index (χ3n) is 4.53. The Kier molecular flexibility index (Phi) is 4.10. The van der Waals surface area contributed by atoms with Crippen LogP contribution >= 0.6 is 11.3 Å². The molecule has 0 radical (unpaired) electrons. The van der Waals surface area contributed by atoms with Gasteiger partial charge in [0.2, 0.25) is 5.88 Å². The molecule has 2 aliphatic rings. The Morgan fingerprint density at radius 1 is 1.32 bits per heavy atom. The lowest BCUT2D eigenvalue weighted by Gasteiger charge is -2.38. The fraction of sp³-hybridized carbons (Fsp3) is 0.471. The second-order valence-electron chi connectivity index (χ2n) is 5.91. The quantitative estimate of drug-likeness (QED) is 0.868. The monoisotopic (exact) mass is 316 g/mol. The number of hydrogen-bond donors (Lipinski definition) is 0. The normalized spacial score (nSPS) is 28.5. The van der Waals surface area contributed by atoms with Crippen molar-refractivity contribution in [3.8, 4) is 5.88 Å². The van der Waals surface area contributed by atoms with Crippen molar-refractivity contribution in [2.24, 2.45) is 0 Å². The average molecular weight is 316 g/mol. The predicted octanol–water partition coefficient (Wildman–Crippen LogP) is 2.95. The molecule has 1 aliphatic heterocycles. The Morgan fingerprint density at radius 3 is 3.14 bits per heavy atom. The zero-order chi connectivity index (χ0) is 14.8. The molecule has 0 amide bonds. The number of aromatic nitrogens is 1. The summed E-state index contributed by atoms with van der Waals surface area (Å²) < 4.78 is 12.1. The topological polar surface area (TPSA) is 34.6 Å². The molecule has 1 saturated heterocycles. The molecule has 5 heteroatoms. The van der Waals surface area contributed by atoms with Gasteiger partial charge in [0.25, 0.3) is 0 Å². The van der Waals surface area contributed by atoms with Gasteiger partial charge in [0.05, 0.1) is 6.61 Å². The van der Waals surface area contributed by atoms with Gasteiger partial charge in [-0.25, -0.2) is 4.98 Å². The fourth-order valence-electron chi connectivity index (χ4n) is 3.50. The van der Waals surface area contributed by atoms with Crippen LogP contribution in [0.4, 0.5) is 0 Å². The first-order chi connectivity index (χ1) is 10.9. The van der Waals surface area contributed by atoms with E-state index in [0.29, 0.717) is 11.9 Å². The number of pyridine rings is 1. The summed E-state index contributed by atoms with van der Waals surface area (Å²) in [4.78, 5) is 6.82. The number of thiophene rings is 1. The molecule has 116 valence electrons. The standard InChI is InChI=1S/C17H20N2O2S/c1-2-7-18-16(3-1)21-15-5-4-14-17(15)20-9-8-19(14)11-13-6-10-22-12-13/h1-3,6-7,10,12,14-15,17H,4-5,8-9,11H2/t14-,15+,17+/m0/s1. The number of rotatable bonds is 4. The second kappa shape index (κ2) is 6.36. The Hall–Kier alpha value is -1.43. The van der Waals surface area contributed by atoms with E-state index >= 15 is 0 Å². The molecule has 2 fully saturated rings. The van der Waals surface area contributed by atoms with E-state index in [0.717, 1.165) is 32.5 Å². The highest BCUT2D eigenvalue weighted by Gasteiger charge is 2.44. The summed E-state index contributed by atoms with van der Waals surface area (Å²) in [6, 6.07) is 8.46. The Labute approximate surface area is 134 Å². The predicted molar refractivity (Wildman–Crippen MR) is 86.1 cm³/mol. The van der Waals surface area contributed by atoms with Crippen molar-refractivity contribution < 1.29 is 9.47 Å². The van der Waals surface area contributed by atoms with Crippen LogP contribution in [0.25, 0.3) is 0 Å². The highest BCUT2D eigenvalue weighted by atomic mass is 32.1. The van der Waals surface area contributed by atoms with Crippen molar-refractivity contribution in [2.75, 3.05) is 13.2 Å². The van der Waals surface area contributed by atoms with Crippen LogP contribution in [0.5, 0.6) is 5.88 Å². The van der Waals surface area contributed by atoms with Gasteiger partial charge in [0.1, 0.15) is 12.2 Å². The van der Waals surface area contributed by atoms with E-state index in [1.54, 1.807) is 17.5 Å². The zero-order valence-corrected chi connectivity index (χ0v) is 13.2. The van der Waals surface area contributed by atoms with Gasteiger partial charge in [-0.05, 0) is 41.3 Å². The second-order valence-corrected chi connectivity index (χ2v) is 6.69. The van der Waals surface area contributed by atoms with Gasteiger partial charge in [-0.2, -0.15) is 11.3 Å². The van der Waals surface area contributed by atoms with Gasteiger partial charge in [-0.15, -0.1) is 0 Å². The van der Waals surface area contributed by atoms with Crippen molar-refractivity contribution >= 4 is 11.3 Å². The number of nitrogens with zero attached hydrogens (tertiary/aromatic N) is 2. The van der Waals surface area contributed by atoms with Crippen LogP contribution in [0.1, 0.15) is 18.4 Å². The van der Waals surface area contributed by atoms with Gasteiger partial charge >= 0.3 is 0 Å². The molecule has 4 nitrogen and oxygen atoms in total. The maximum atomic E-state index is 6.07. The zero-order valence-electron chi connectivity index (χ0n) is 12.4. The minimum Gasteiger partial charge on any atom is -0.472 e. The summed E-state index contributed by atoms with van der Waals surface area (Å²) in [5.74, 6) is 0.701. The van der Waals surface area contributed by atoms with E-state index in [-0.39, 0.29) is 12.2 Å². The van der Waals surface area contributed by atoms with Crippen LogP contribution in [-0.2, 0) is 11.3 Å². The van der Waals surface area contributed by atoms with E-state index in [4.69, 9.17) is 9.47 Å². The molecule has 3 heterocycles. The van der Waals surface area contributed by atoms with Gasteiger partial charge in [0.15, 0.2) is 0 Å². The van der Waals surface area contributed by atoms with Crippen LogP contribution in [0.15, 0.2) is 41.2 Å². The lowest BCUT2D eigenvalue weighted by atomic mass is 10.1. The van der Waals surface area contributed by atoms with Crippen molar-refractivity contribution in [1.82, 2.24) is 9.88 Å². The van der Waals surface area contributed by atoms with Crippen LogP contribution < -0.4 is 4.74 Å². The molecule has 0 unspecified atom stereocenters. The molecule has 2 aromatic rings. The molecule has 0 spiro atoms. The van der Waals surface area contributed by atoms with Crippen LogP contribution in [-0.4, -0.2) is 41.3 Å². The van der Waals surface area contributed by atoms with Gasteiger partial charge in [-0.1, -0.05) is 6.07 Å². The third kappa shape index (κ3) is 2.89. The summed E-state index contributed by atoms with van der Waals surface area (Å²) in [6.07, 6.45) is 4.21. The summed E-state index contributed by atoms with van der Waals surface area (Å²) in [5.41, 5.74) is 1.40. The molecule has 22 heavy (non-hydrogen) atoms. The molecular formula is C17H20N2O2S.